The molecule has 0 radical (unpaired) electrons. The number of rotatable bonds is 5. The third-order valence-corrected chi connectivity index (χ3v) is 10.4. The van der Waals surface area contributed by atoms with Gasteiger partial charge >= 0.3 is 0 Å². The van der Waals surface area contributed by atoms with Crippen LogP contribution in [0.15, 0.2) is 82.0 Å². The molecule has 0 unspecified atom stereocenters. The van der Waals surface area contributed by atoms with Gasteiger partial charge in [0.15, 0.2) is 16.5 Å². The zero-order chi connectivity index (χ0) is 36.7. The Morgan fingerprint density at radius 2 is 1.73 bits per heavy atom. The normalized spacial score (nSPS) is 24.2. The molecule has 14 heteroatoms. The van der Waals surface area contributed by atoms with E-state index < -0.39 is 81.8 Å². The number of ketones is 2. The standard InChI is InChI=1S/C37H34N4O9S/c1-15-20-10-11-22(40-36(51)39-18-7-4-16(5-8-18)24-12-17-6-9-19(41(2)3)13-25(17)50-24)31(44)27(20)32(45)29-26(15)30(43)21-14-23(42)28(35(38)48)33(46)37(21,49)34(29)47/h4-13,15,21,26,30,43-46,49H,14H2,1-3H3,(H2,38,48)(H2,39,40,51)/t15-,21+,26+,30+,37+/m0/s1. The highest BCUT2D eigenvalue weighted by Gasteiger charge is 2.64. The molecule has 1 heterocycles. The molecule has 0 saturated heterocycles. The average molecular weight is 711 g/mol. The highest BCUT2D eigenvalue weighted by molar-refractivity contribution is 7.80. The van der Waals surface area contributed by atoms with E-state index in [0.29, 0.717) is 17.0 Å². The smallest absolute Gasteiger partial charge is 0.255 e. The molecule has 1 fully saturated rings. The first kappa shape index (κ1) is 33.8. The van der Waals surface area contributed by atoms with Gasteiger partial charge in [-0.3, -0.25) is 14.4 Å². The van der Waals surface area contributed by atoms with E-state index in [2.05, 4.69) is 10.6 Å². The summed E-state index contributed by atoms with van der Waals surface area (Å²) in [6.07, 6.45) is -2.26. The molecule has 51 heavy (non-hydrogen) atoms. The van der Waals surface area contributed by atoms with Crippen LogP contribution in [0.3, 0.4) is 0 Å². The molecule has 262 valence electrons. The fourth-order valence-corrected chi connectivity index (χ4v) is 7.77. The molecule has 0 spiro atoms. The van der Waals surface area contributed by atoms with Crippen molar-refractivity contribution in [1.82, 2.24) is 0 Å². The molecule has 7 rings (SSSR count). The summed E-state index contributed by atoms with van der Waals surface area (Å²) in [5.74, 6) is -8.66. The lowest BCUT2D eigenvalue weighted by atomic mass is 9.55. The van der Waals surface area contributed by atoms with Crippen LogP contribution in [0.25, 0.3) is 28.1 Å². The van der Waals surface area contributed by atoms with E-state index in [1.165, 1.54) is 6.07 Å². The number of aliphatic hydroxyl groups is 4. The largest absolute Gasteiger partial charge is 0.508 e. The first-order chi connectivity index (χ1) is 24.1. The quantitative estimate of drug-likeness (QED) is 0.0827. The fourth-order valence-electron chi connectivity index (χ4n) is 7.54. The van der Waals surface area contributed by atoms with Gasteiger partial charge in [-0.15, -0.1) is 0 Å². The van der Waals surface area contributed by atoms with Crippen molar-refractivity contribution in [2.24, 2.45) is 17.6 Å². The number of Topliss-reactive ketones (excluding diaryl/α,β-unsaturated/α-hetero) is 2. The minimum Gasteiger partial charge on any atom is -0.508 e. The highest BCUT2D eigenvalue weighted by Crippen LogP contribution is 2.56. The molecule has 3 aromatic carbocycles. The van der Waals surface area contributed by atoms with Gasteiger partial charge in [-0.2, -0.15) is 0 Å². The monoisotopic (exact) mass is 710 g/mol. The van der Waals surface area contributed by atoms with E-state index in [-0.39, 0.29) is 16.4 Å². The van der Waals surface area contributed by atoms with Crippen molar-refractivity contribution in [2.45, 2.75) is 31.0 Å². The lowest BCUT2D eigenvalue weighted by Crippen LogP contribution is -2.63. The summed E-state index contributed by atoms with van der Waals surface area (Å²) in [7, 11) is 3.92. The van der Waals surface area contributed by atoms with Gasteiger partial charge in [-0.25, -0.2) is 0 Å². The first-order valence-corrected chi connectivity index (χ1v) is 16.4. The number of carbonyl (C=O) groups excluding carboxylic acids is 3. The number of nitrogens with one attached hydrogen (secondary N) is 2. The zero-order valence-corrected chi connectivity index (χ0v) is 28.4. The fraction of sp³-hybridized carbons (Fsp3) is 0.243. The third-order valence-electron chi connectivity index (χ3n) is 10.2. The van der Waals surface area contributed by atoms with Crippen molar-refractivity contribution in [1.29, 1.82) is 0 Å². The van der Waals surface area contributed by atoms with Crippen molar-refractivity contribution in [2.75, 3.05) is 29.6 Å². The topological polar surface area (TPSA) is 219 Å². The van der Waals surface area contributed by atoms with E-state index in [0.717, 1.165) is 22.2 Å². The van der Waals surface area contributed by atoms with Crippen molar-refractivity contribution < 1.29 is 44.3 Å². The Morgan fingerprint density at radius 1 is 1.02 bits per heavy atom. The van der Waals surface area contributed by atoms with Gasteiger partial charge in [0, 0.05) is 66.3 Å². The number of phenolic OH excluding ortho intramolecular Hbond substituents is 1. The van der Waals surface area contributed by atoms with Crippen molar-refractivity contribution in [3.8, 4) is 17.1 Å². The Labute approximate surface area is 296 Å². The highest BCUT2D eigenvalue weighted by atomic mass is 32.1. The number of benzene rings is 3. The minimum absolute atomic E-state index is 0.0717. The summed E-state index contributed by atoms with van der Waals surface area (Å²) < 4.78 is 6.09. The van der Waals surface area contributed by atoms with Gasteiger partial charge in [0.2, 0.25) is 5.78 Å². The van der Waals surface area contributed by atoms with E-state index in [9.17, 15) is 39.9 Å². The molecule has 1 saturated carbocycles. The van der Waals surface area contributed by atoms with E-state index in [4.69, 9.17) is 22.4 Å². The van der Waals surface area contributed by atoms with Crippen molar-refractivity contribution in [3.63, 3.8) is 0 Å². The number of hydrogen-bond acceptors (Lipinski definition) is 11. The van der Waals surface area contributed by atoms with E-state index in [1.807, 2.05) is 55.4 Å². The van der Waals surface area contributed by atoms with Gasteiger partial charge in [0.1, 0.15) is 34.2 Å². The summed E-state index contributed by atoms with van der Waals surface area (Å²) in [6, 6.07) is 18.4. The number of anilines is 3. The SMILES string of the molecule is C[C@H]1c2ccc(NC(=S)Nc3ccc(-c4cc5ccc(N(C)C)cc5o4)cc3)c(O)c2C(O)=C2C(=O)[C@]3(O)C(O)=C(C(N)=O)C(=O)C[C@@H]3[C@@H](O)[C@@H]21. The molecule has 1 aromatic heterocycles. The summed E-state index contributed by atoms with van der Waals surface area (Å²) in [6.45, 7) is 1.65. The summed E-state index contributed by atoms with van der Waals surface area (Å²) in [4.78, 5) is 40.5. The molecule has 1 amide bonds. The van der Waals surface area contributed by atoms with Crippen LogP contribution in [0, 0.1) is 11.8 Å². The van der Waals surface area contributed by atoms with Crippen LogP contribution in [0.5, 0.6) is 5.75 Å². The number of primary amides is 1. The van der Waals surface area contributed by atoms with E-state index in [1.54, 1.807) is 25.1 Å². The molecule has 4 aromatic rings. The van der Waals surface area contributed by atoms with Gasteiger partial charge in [-0.05, 0) is 72.2 Å². The number of furan rings is 1. The van der Waals surface area contributed by atoms with Crippen LogP contribution in [0.1, 0.15) is 30.4 Å². The first-order valence-electron chi connectivity index (χ1n) is 16.0. The molecular weight excluding hydrogens is 676 g/mol. The molecule has 9 N–H and O–H groups in total. The minimum atomic E-state index is -2.92. The van der Waals surface area contributed by atoms with Crippen LogP contribution in [0.2, 0.25) is 0 Å². The Hall–Kier alpha value is -5.70. The van der Waals surface area contributed by atoms with E-state index >= 15 is 0 Å². The second-order valence-electron chi connectivity index (χ2n) is 13.3. The summed E-state index contributed by atoms with van der Waals surface area (Å²) >= 11 is 5.50. The van der Waals surface area contributed by atoms with Crippen LogP contribution in [0.4, 0.5) is 17.1 Å². The van der Waals surface area contributed by atoms with Gasteiger partial charge in [0.25, 0.3) is 5.91 Å². The molecule has 3 aliphatic rings. The van der Waals surface area contributed by atoms with Crippen LogP contribution in [-0.4, -0.2) is 73.9 Å². The van der Waals surface area contributed by atoms with Gasteiger partial charge in [-0.1, -0.05) is 13.0 Å². The number of hydrogen-bond donors (Lipinski definition) is 8. The maximum Gasteiger partial charge on any atom is 0.255 e. The number of phenols is 1. The van der Waals surface area contributed by atoms with Crippen molar-refractivity contribution >= 4 is 68.6 Å². The number of carbonyl (C=O) groups is 3. The molecule has 13 nitrogen and oxygen atoms in total. The van der Waals surface area contributed by atoms with Crippen molar-refractivity contribution in [3.05, 3.63) is 88.7 Å². The maximum atomic E-state index is 13.9. The molecular formula is C37H34N4O9S. The number of thiocarbonyl (C=S) groups is 1. The number of amides is 1. The average Bonchev–Trinajstić information content (AvgIpc) is 3.51. The van der Waals surface area contributed by atoms with Crippen LogP contribution >= 0.6 is 12.2 Å². The zero-order valence-electron chi connectivity index (χ0n) is 27.6. The Kier molecular flexibility index (Phi) is 7.93. The number of nitrogens with two attached hydrogens (primary N) is 1. The van der Waals surface area contributed by atoms with Crippen LogP contribution in [-0.2, 0) is 14.4 Å². The van der Waals surface area contributed by atoms with Crippen LogP contribution < -0.4 is 21.3 Å². The number of aromatic hydroxyl groups is 1. The molecule has 3 aliphatic carbocycles. The lowest BCUT2D eigenvalue weighted by Gasteiger charge is -2.50. The summed E-state index contributed by atoms with van der Waals surface area (Å²) in [5, 5.41) is 63.6. The molecule has 0 aliphatic heterocycles. The lowest BCUT2D eigenvalue weighted by molar-refractivity contribution is -0.160. The maximum absolute atomic E-state index is 13.9. The Bertz CT molecular complexity index is 2260. The number of fused-ring (bicyclic) bond motifs is 4. The third kappa shape index (κ3) is 5.13. The van der Waals surface area contributed by atoms with Gasteiger partial charge < -0.3 is 51.2 Å². The predicted molar refractivity (Wildman–Crippen MR) is 193 cm³/mol. The number of nitrogens with zero attached hydrogens (tertiary/aromatic N) is 1. The summed E-state index contributed by atoms with van der Waals surface area (Å²) in [5.41, 5.74) is 4.47. The Balaban J connectivity index is 1.15. The second kappa shape index (κ2) is 12.0. The molecule has 5 atom stereocenters. The predicted octanol–water partition coefficient (Wildman–Crippen LogP) is 4.24. The Morgan fingerprint density at radius 3 is 2.39 bits per heavy atom. The molecule has 0 bridgehead atoms. The van der Waals surface area contributed by atoms with Gasteiger partial charge in [0.05, 0.1) is 17.4 Å². The second-order valence-corrected chi connectivity index (χ2v) is 13.7. The number of aliphatic hydroxyl groups excluding tert-OH is 3.